The maximum atomic E-state index is 11.8. The highest BCUT2D eigenvalue weighted by molar-refractivity contribution is 5.94. The minimum absolute atomic E-state index is 0.00241. The molecule has 0 heterocycles. The first kappa shape index (κ1) is 12.8. The van der Waals surface area contributed by atoms with Crippen LogP contribution in [0, 0.1) is 12.8 Å². The molecule has 16 heavy (non-hydrogen) atoms. The fourth-order valence-electron chi connectivity index (χ4n) is 1.63. The molecular formula is C14H20NO. The molecule has 2 heteroatoms. The van der Waals surface area contributed by atoms with Crippen LogP contribution in [-0.4, -0.2) is 12.5 Å². The maximum absolute atomic E-state index is 11.8. The molecule has 0 spiro atoms. The van der Waals surface area contributed by atoms with E-state index in [9.17, 15) is 4.79 Å². The van der Waals surface area contributed by atoms with E-state index in [4.69, 9.17) is 0 Å². The van der Waals surface area contributed by atoms with Crippen molar-refractivity contribution < 1.29 is 4.79 Å². The van der Waals surface area contributed by atoms with Crippen molar-refractivity contribution >= 4 is 5.91 Å². The molecule has 1 radical (unpaired) electrons. The van der Waals surface area contributed by atoms with Gasteiger partial charge in [0.15, 0.2) is 0 Å². The zero-order valence-electron chi connectivity index (χ0n) is 10.1. The van der Waals surface area contributed by atoms with E-state index >= 15 is 0 Å². The Labute approximate surface area is 98.1 Å². The number of amides is 1. The molecular weight excluding hydrogens is 198 g/mol. The second-order valence-corrected chi connectivity index (χ2v) is 4.09. The molecule has 0 aliphatic carbocycles. The molecule has 1 N–H and O–H groups in total. The van der Waals surface area contributed by atoms with Crippen LogP contribution >= 0.6 is 0 Å². The molecule has 0 fully saturated rings. The summed E-state index contributed by atoms with van der Waals surface area (Å²) in [5, 5.41) is 2.96. The third-order valence-electron chi connectivity index (χ3n) is 2.90. The molecule has 87 valence electrons. The van der Waals surface area contributed by atoms with Crippen molar-refractivity contribution in [2.24, 2.45) is 5.92 Å². The molecule has 0 bridgehead atoms. The number of hydrogen-bond acceptors (Lipinski definition) is 1. The van der Waals surface area contributed by atoms with E-state index in [-0.39, 0.29) is 5.91 Å². The highest BCUT2D eigenvalue weighted by Gasteiger charge is 2.08. The number of rotatable bonds is 5. The summed E-state index contributed by atoms with van der Waals surface area (Å²) >= 11 is 0. The van der Waals surface area contributed by atoms with Gasteiger partial charge >= 0.3 is 0 Å². The van der Waals surface area contributed by atoms with Gasteiger partial charge < -0.3 is 5.32 Å². The Morgan fingerprint density at radius 1 is 1.38 bits per heavy atom. The van der Waals surface area contributed by atoms with Crippen LogP contribution in [0.15, 0.2) is 24.3 Å². The first-order valence-corrected chi connectivity index (χ1v) is 5.87. The molecule has 1 amide bonds. The van der Waals surface area contributed by atoms with Crippen molar-refractivity contribution in [3.63, 3.8) is 0 Å². The number of carbonyl (C=O) groups is 1. The van der Waals surface area contributed by atoms with Crippen LogP contribution in [0.25, 0.3) is 0 Å². The topological polar surface area (TPSA) is 29.1 Å². The third-order valence-corrected chi connectivity index (χ3v) is 2.90. The molecule has 0 aliphatic rings. The van der Waals surface area contributed by atoms with E-state index in [2.05, 4.69) is 26.1 Å². The van der Waals surface area contributed by atoms with Crippen LogP contribution in [-0.2, 0) is 0 Å². The fourth-order valence-corrected chi connectivity index (χ4v) is 1.63. The van der Waals surface area contributed by atoms with E-state index in [0.717, 1.165) is 24.9 Å². The molecule has 2 nitrogen and oxygen atoms in total. The largest absolute Gasteiger partial charge is 0.352 e. The van der Waals surface area contributed by atoms with Gasteiger partial charge in [-0.15, -0.1) is 0 Å². The van der Waals surface area contributed by atoms with Crippen LogP contribution < -0.4 is 5.32 Å². The van der Waals surface area contributed by atoms with Crippen LogP contribution in [0.5, 0.6) is 0 Å². The standard InChI is InChI=1S/C14H20NO/c1-4-12(5-2)10-15-14(16)13-8-6-7-11(3)9-13/h6-9,12H,3-5,10H2,1-2H3,(H,15,16). The number of benzene rings is 1. The Morgan fingerprint density at radius 3 is 2.62 bits per heavy atom. The lowest BCUT2D eigenvalue weighted by Gasteiger charge is -2.13. The summed E-state index contributed by atoms with van der Waals surface area (Å²) < 4.78 is 0. The third kappa shape index (κ3) is 3.69. The second-order valence-electron chi connectivity index (χ2n) is 4.09. The summed E-state index contributed by atoms with van der Waals surface area (Å²) in [7, 11) is 0. The van der Waals surface area contributed by atoms with Gasteiger partial charge in [-0.1, -0.05) is 38.8 Å². The normalized spacial score (nSPS) is 10.5. The molecule has 0 aliphatic heterocycles. The van der Waals surface area contributed by atoms with Crippen molar-refractivity contribution in [1.82, 2.24) is 5.32 Å². The quantitative estimate of drug-likeness (QED) is 0.808. The first-order valence-electron chi connectivity index (χ1n) is 5.87. The van der Waals surface area contributed by atoms with Gasteiger partial charge in [-0.3, -0.25) is 4.79 Å². The van der Waals surface area contributed by atoms with Crippen molar-refractivity contribution in [3.8, 4) is 0 Å². The van der Waals surface area contributed by atoms with Crippen LogP contribution in [0.4, 0.5) is 0 Å². The van der Waals surface area contributed by atoms with E-state index in [1.165, 1.54) is 0 Å². The lowest BCUT2D eigenvalue weighted by molar-refractivity contribution is 0.0946. The molecule has 0 unspecified atom stereocenters. The average molecular weight is 218 g/mol. The predicted octanol–water partition coefficient (Wildman–Crippen LogP) is 3.03. The summed E-state index contributed by atoms with van der Waals surface area (Å²) in [5.74, 6) is 0.573. The number of nitrogens with one attached hydrogen (secondary N) is 1. The minimum Gasteiger partial charge on any atom is -0.352 e. The fraction of sp³-hybridized carbons (Fsp3) is 0.429. The lowest BCUT2D eigenvalue weighted by Crippen LogP contribution is -2.28. The minimum atomic E-state index is -0.00241. The van der Waals surface area contributed by atoms with E-state index in [0.29, 0.717) is 11.5 Å². The van der Waals surface area contributed by atoms with Crippen LogP contribution in [0.3, 0.4) is 0 Å². The first-order chi connectivity index (χ1) is 7.67. The van der Waals surface area contributed by atoms with Gasteiger partial charge in [0.25, 0.3) is 5.91 Å². The summed E-state index contributed by atoms with van der Waals surface area (Å²) in [6.07, 6.45) is 2.21. The second kappa shape index (κ2) is 6.31. The Hall–Kier alpha value is -1.31. The molecule has 0 saturated carbocycles. The average Bonchev–Trinajstić information content (AvgIpc) is 2.30. The van der Waals surface area contributed by atoms with Gasteiger partial charge in [0, 0.05) is 12.1 Å². The zero-order chi connectivity index (χ0) is 12.0. The Balaban J connectivity index is 2.52. The molecule has 1 rings (SSSR count). The van der Waals surface area contributed by atoms with Gasteiger partial charge in [0.1, 0.15) is 0 Å². The maximum Gasteiger partial charge on any atom is 0.251 e. The summed E-state index contributed by atoms with van der Waals surface area (Å²) in [4.78, 5) is 11.8. The van der Waals surface area contributed by atoms with Gasteiger partial charge in [-0.25, -0.2) is 0 Å². The van der Waals surface area contributed by atoms with Crippen molar-refractivity contribution in [3.05, 3.63) is 42.3 Å². The molecule has 0 atom stereocenters. The molecule has 0 saturated heterocycles. The zero-order valence-corrected chi connectivity index (χ0v) is 10.1. The highest BCUT2D eigenvalue weighted by atomic mass is 16.1. The van der Waals surface area contributed by atoms with Gasteiger partial charge in [0.05, 0.1) is 0 Å². The lowest BCUT2D eigenvalue weighted by atomic mass is 10.0. The monoisotopic (exact) mass is 218 g/mol. The highest BCUT2D eigenvalue weighted by Crippen LogP contribution is 2.07. The van der Waals surface area contributed by atoms with E-state index in [1.807, 2.05) is 24.3 Å². The Kier molecular flexibility index (Phi) is 5.03. The Morgan fingerprint density at radius 2 is 2.06 bits per heavy atom. The number of carbonyl (C=O) groups excluding carboxylic acids is 1. The van der Waals surface area contributed by atoms with E-state index in [1.54, 1.807) is 0 Å². The molecule has 1 aromatic carbocycles. The van der Waals surface area contributed by atoms with Gasteiger partial charge in [-0.05, 0) is 30.5 Å². The summed E-state index contributed by atoms with van der Waals surface area (Å²) in [5.41, 5.74) is 1.56. The predicted molar refractivity (Wildman–Crippen MR) is 67.3 cm³/mol. The number of hydrogen-bond donors (Lipinski definition) is 1. The SMILES string of the molecule is [CH2]c1cccc(C(=O)NCC(CC)CC)c1. The van der Waals surface area contributed by atoms with Gasteiger partial charge in [0.2, 0.25) is 0 Å². The molecule has 0 aromatic heterocycles. The molecule has 1 aromatic rings. The van der Waals surface area contributed by atoms with Crippen molar-refractivity contribution in [2.45, 2.75) is 26.7 Å². The Bertz CT molecular complexity index is 342. The van der Waals surface area contributed by atoms with Crippen LogP contribution in [0.1, 0.15) is 42.6 Å². The smallest absolute Gasteiger partial charge is 0.251 e. The summed E-state index contributed by atoms with van der Waals surface area (Å²) in [6, 6.07) is 7.37. The van der Waals surface area contributed by atoms with Crippen LogP contribution in [0.2, 0.25) is 0 Å². The van der Waals surface area contributed by atoms with Crippen molar-refractivity contribution in [2.75, 3.05) is 6.54 Å². The van der Waals surface area contributed by atoms with Gasteiger partial charge in [-0.2, -0.15) is 0 Å². The van der Waals surface area contributed by atoms with Crippen molar-refractivity contribution in [1.29, 1.82) is 0 Å². The summed E-state index contributed by atoms with van der Waals surface area (Å²) in [6.45, 7) is 8.87. The van der Waals surface area contributed by atoms with E-state index < -0.39 is 0 Å².